The van der Waals surface area contributed by atoms with Gasteiger partial charge in [-0.3, -0.25) is 4.79 Å². The summed E-state index contributed by atoms with van der Waals surface area (Å²) < 4.78 is 24.4. The zero-order valence-electron chi connectivity index (χ0n) is 11.1. The van der Waals surface area contributed by atoms with E-state index < -0.39 is 11.7 Å². The highest BCUT2D eigenvalue weighted by Gasteiger charge is 2.10. The lowest BCUT2D eigenvalue weighted by Gasteiger charge is -2.05. The number of amides is 1. The predicted octanol–water partition coefficient (Wildman–Crippen LogP) is 4.61. The summed E-state index contributed by atoms with van der Waals surface area (Å²) in [6.45, 7) is 0. The molecular formula is C15H10F2N2OS2. The summed E-state index contributed by atoms with van der Waals surface area (Å²) >= 11 is 1.85. The summed E-state index contributed by atoms with van der Waals surface area (Å²) in [6, 6.07) is 11.5. The summed E-state index contributed by atoms with van der Waals surface area (Å²) in [5.41, 5.74) is 0.421. The van der Waals surface area contributed by atoms with Crippen LogP contribution in [0.15, 0.2) is 52.2 Å². The summed E-state index contributed by atoms with van der Waals surface area (Å²) in [6.07, 6.45) is 1.50. The van der Waals surface area contributed by atoms with Crippen LogP contribution < -0.4 is 5.32 Å². The minimum absolute atomic E-state index is 0.0199. The molecule has 2 aromatic rings. The van der Waals surface area contributed by atoms with Crippen molar-refractivity contribution < 1.29 is 13.6 Å². The monoisotopic (exact) mass is 336 g/mol. The Morgan fingerprint density at radius 2 is 2.05 bits per heavy atom. The lowest BCUT2D eigenvalue weighted by Crippen LogP contribution is -2.13. The summed E-state index contributed by atoms with van der Waals surface area (Å²) in [5, 5.41) is 13.5. The number of nitriles is 1. The van der Waals surface area contributed by atoms with Crippen molar-refractivity contribution in [3.05, 3.63) is 52.2 Å². The number of carbonyl (C=O) groups excluding carboxylic acids is 1. The van der Waals surface area contributed by atoms with Crippen LogP contribution in [-0.4, -0.2) is 11.7 Å². The van der Waals surface area contributed by atoms with Gasteiger partial charge in [0.05, 0.1) is 0 Å². The maximum Gasteiger partial charge on any atom is 0.288 e. The maximum absolute atomic E-state index is 12.2. The van der Waals surface area contributed by atoms with E-state index in [1.807, 2.05) is 17.5 Å². The first-order valence-electron chi connectivity index (χ1n) is 6.10. The number of thiophene rings is 1. The Morgan fingerprint density at radius 1 is 1.32 bits per heavy atom. The van der Waals surface area contributed by atoms with Crippen LogP contribution in [0, 0.1) is 11.3 Å². The molecule has 0 atom stereocenters. The van der Waals surface area contributed by atoms with Crippen LogP contribution in [0.25, 0.3) is 6.08 Å². The third-order valence-corrected chi connectivity index (χ3v) is 4.07. The van der Waals surface area contributed by atoms with E-state index in [4.69, 9.17) is 5.26 Å². The van der Waals surface area contributed by atoms with Crippen LogP contribution in [0.1, 0.15) is 4.88 Å². The van der Waals surface area contributed by atoms with Crippen molar-refractivity contribution in [2.45, 2.75) is 10.7 Å². The van der Waals surface area contributed by atoms with Crippen LogP contribution in [0.2, 0.25) is 0 Å². The molecule has 1 aromatic carbocycles. The van der Waals surface area contributed by atoms with Crippen molar-refractivity contribution in [1.82, 2.24) is 0 Å². The summed E-state index contributed by atoms with van der Waals surface area (Å²) in [7, 11) is 0. The van der Waals surface area contributed by atoms with Gasteiger partial charge in [-0.2, -0.15) is 14.0 Å². The van der Waals surface area contributed by atoms with Gasteiger partial charge in [-0.25, -0.2) is 0 Å². The van der Waals surface area contributed by atoms with Gasteiger partial charge in [-0.15, -0.1) is 11.3 Å². The average molecular weight is 336 g/mol. The van der Waals surface area contributed by atoms with E-state index in [1.165, 1.54) is 41.7 Å². The summed E-state index contributed by atoms with van der Waals surface area (Å²) in [4.78, 5) is 13.2. The lowest BCUT2D eigenvalue weighted by atomic mass is 10.2. The molecule has 22 heavy (non-hydrogen) atoms. The second kappa shape index (κ2) is 7.73. The van der Waals surface area contributed by atoms with Crippen molar-refractivity contribution in [2.24, 2.45) is 0 Å². The molecule has 1 amide bonds. The first-order chi connectivity index (χ1) is 10.6. The standard InChI is InChI=1S/C15H10F2N2OS2/c16-15(17)22-12-5-3-11(4-6-12)19-14(20)10(9-18)8-13-2-1-7-21-13/h1-8,15H,(H,19,20). The number of halogens is 2. The first kappa shape index (κ1) is 16.2. The highest BCUT2D eigenvalue weighted by molar-refractivity contribution is 7.99. The van der Waals surface area contributed by atoms with Crippen LogP contribution in [0.4, 0.5) is 14.5 Å². The molecule has 7 heteroatoms. The predicted molar refractivity (Wildman–Crippen MR) is 84.8 cm³/mol. The molecule has 3 nitrogen and oxygen atoms in total. The number of hydrogen-bond donors (Lipinski definition) is 1. The fourth-order valence-electron chi connectivity index (χ4n) is 1.58. The molecule has 0 radical (unpaired) electrons. The van der Waals surface area contributed by atoms with E-state index in [9.17, 15) is 13.6 Å². The van der Waals surface area contributed by atoms with Gasteiger partial charge in [0.2, 0.25) is 0 Å². The molecule has 0 aliphatic heterocycles. The Labute approximate surface area is 134 Å². The largest absolute Gasteiger partial charge is 0.321 e. The van der Waals surface area contributed by atoms with Gasteiger partial charge < -0.3 is 5.32 Å². The van der Waals surface area contributed by atoms with Crippen molar-refractivity contribution in [2.75, 3.05) is 5.32 Å². The topological polar surface area (TPSA) is 52.9 Å². The highest BCUT2D eigenvalue weighted by Crippen LogP contribution is 2.26. The average Bonchev–Trinajstić information content (AvgIpc) is 2.99. The smallest absolute Gasteiger partial charge is 0.288 e. The number of hydrogen-bond acceptors (Lipinski definition) is 4. The van der Waals surface area contributed by atoms with Crippen LogP contribution in [-0.2, 0) is 4.79 Å². The van der Waals surface area contributed by atoms with E-state index >= 15 is 0 Å². The zero-order valence-corrected chi connectivity index (χ0v) is 12.8. The Hall–Kier alpha value is -2.17. The third-order valence-electron chi connectivity index (χ3n) is 2.53. The quantitative estimate of drug-likeness (QED) is 0.493. The Balaban J connectivity index is 2.06. The number of rotatable bonds is 5. The number of nitrogens with zero attached hydrogens (tertiary/aromatic N) is 1. The van der Waals surface area contributed by atoms with E-state index in [2.05, 4.69) is 5.32 Å². The van der Waals surface area contributed by atoms with Gasteiger partial charge >= 0.3 is 0 Å². The van der Waals surface area contributed by atoms with E-state index in [0.717, 1.165) is 4.88 Å². The first-order valence-corrected chi connectivity index (χ1v) is 7.86. The van der Waals surface area contributed by atoms with E-state index in [1.54, 1.807) is 6.07 Å². The van der Waals surface area contributed by atoms with Gasteiger partial charge in [0, 0.05) is 15.5 Å². The van der Waals surface area contributed by atoms with Crippen molar-refractivity contribution in [1.29, 1.82) is 5.26 Å². The summed E-state index contributed by atoms with van der Waals surface area (Å²) in [5.74, 6) is -3.02. The van der Waals surface area contributed by atoms with Gasteiger partial charge in [-0.1, -0.05) is 17.8 Å². The number of benzene rings is 1. The normalized spacial score (nSPS) is 11.3. The van der Waals surface area contributed by atoms with Crippen LogP contribution in [0.5, 0.6) is 0 Å². The molecule has 0 fully saturated rings. The van der Waals surface area contributed by atoms with Crippen molar-refractivity contribution >= 4 is 40.8 Å². The molecule has 2 rings (SSSR count). The number of alkyl halides is 2. The van der Waals surface area contributed by atoms with E-state index in [0.29, 0.717) is 22.3 Å². The van der Waals surface area contributed by atoms with Crippen LogP contribution in [0.3, 0.4) is 0 Å². The SMILES string of the molecule is N#CC(=Cc1cccs1)C(=O)Nc1ccc(SC(F)F)cc1. The molecule has 0 unspecified atom stereocenters. The number of anilines is 1. The van der Waals surface area contributed by atoms with Gasteiger partial charge in [0.25, 0.3) is 11.7 Å². The number of thioether (sulfide) groups is 1. The molecular weight excluding hydrogens is 326 g/mol. The van der Waals surface area contributed by atoms with Gasteiger partial charge in [-0.05, 0) is 41.8 Å². The second-order valence-corrected chi connectivity index (χ2v) is 6.08. The molecule has 0 saturated carbocycles. The molecule has 0 spiro atoms. The van der Waals surface area contributed by atoms with Crippen molar-refractivity contribution in [3.63, 3.8) is 0 Å². The third kappa shape index (κ3) is 4.69. The maximum atomic E-state index is 12.2. The Bertz CT molecular complexity index is 704. The van der Waals surface area contributed by atoms with Gasteiger partial charge in [0.1, 0.15) is 11.6 Å². The number of nitrogens with one attached hydrogen (secondary N) is 1. The van der Waals surface area contributed by atoms with Crippen LogP contribution >= 0.6 is 23.1 Å². The Kier molecular flexibility index (Phi) is 5.69. The minimum Gasteiger partial charge on any atom is -0.321 e. The molecule has 1 N–H and O–H groups in total. The zero-order chi connectivity index (χ0) is 15.9. The molecule has 0 aliphatic carbocycles. The molecule has 1 heterocycles. The second-order valence-electron chi connectivity index (χ2n) is 4.04. The number of carbonyl (C=O) groups is 1. The Morgan fingerprint density at radius 3 is 2.59 bits per heavy atom. The molecule has 1 aromatic heterocycles. The molecule has 112 valence electrons. The lowest BCUT2D eigenvalue weighted by molar-refractivity contribution is -0.112. The molecule has 0 aliphatic rings. The fraction of sp³-hybridized carbons (Fsp3) is 0.0667. The van der Waals surface area contributed by atoms with E-state index in [-0.39, 0.29) is 5.57 Å². The fourth-order valence-corrected chi connectivity index (χ4v) is 2.74. The molecule has 0 bridgehead atoms. The van der Waals surface area contributed by atoms with Gasteiger partial charge in [0.15, 0.2) is 0 Å². The van der Waals surface area contributed by atoms with Crippen molar-refractivity contribution in [3.8, 4) is 6.07 Å². The minimum atomic E-state index is -2.49. The molecule has 0 saturated heterocycles. The highest BCUT2D eigenvalue weighted by atomic mass is 32.2.